The molecule has 0 aliphatic heterocycles. The van der Waals surface area contributed by atoms with E-state index >= 15 is 0 Å². The normalized spacial score (nSPS) is 11.9. The molecule has 0 unspecified atom stereocenters. The Hall–Kier alpha value is -1.49. The first-order valence-corrected chi connectivity index (χ1v) is 8.13. The predicted octanol–water partition coefficient (Wildman–Crippen LogP) is 5.13. The highest BCUT2D eigenvalue weighted by atomic mass is 127. The van der Waals surface area contributed by atoms with Gasteiger partial charge in [0, 0.05) is 14.3 Å². The number of aromatic nitrogens is 2. The maximum Gasteiger partial charge on any atom is 0.434 e. The number of ether oxygens (including phenoxy) is 1. The van der Waals surface area contributed by atoms with Gasteiger partial charge in [0.05, 0.1) is 7.11 Å². The van der Waals surface area contributed by atoms with Gasteiger partial charge < -0.3 is 4.74 Å². The maximum atomic E-state index is 14.4. The van der Waals surface area contributed by atoms with Crippen molar-refractivity contribution in [1.29, 1.82) is 0 Å². The van der Waals surface area contributed by atoms with Gasteiger partial charge in [-0.15, -0.1) is 11.3 Å². The lowest BCUT2D eigenvalue weighted by molar-refractivity contribution is -0.140. The Morgan fingerprint density at radius 1 is 1.22 bits per heavy atom. The van der Waals surface area contributed by atoms with Crippen LogP contribution in [0.1, 0.15) is 5.69 Å². The molecule has 0 radical (unpaired) electrons. The average Bonchev–Trinajstić information content (AvgIpc) is 2.98. The Labute approximate surface area is 145 Å². The van der Waals surface area contributed by atoms with E-state index in [0.29, 0.717) is 8.96 Å². The minimum atomic E-state index is -4.52. The summed E-state index contributed by atoms with van der Waals surface area (Å²) in [4.78, 5) is 7.68. The number of alkyl halides is 3. The second kappa shape index (κ2) is 5.86. The molecule has 3 nitrogen and oxygen atoms in total. The number of benzene rings is 1. The fraction of sp³-hybridized carbons (Fsp3) is 0.143. The van der Waals surface area contributed by atoms with Crippen molar-refractivity contribution in [1.82, 2.24) is 9.97 Å². The Balaban J connectivity index is 2.19. The molecule has 0 fully saturated rings. The summed E-state index contributed by atoms with van der Waals surface area (Å²) in [5, 5.41) is 1.55. The van der Waals surface area contributed by atoms with Crippen molar-refractivity contribution in [3.8, 4) is 16.5 Å². The molecule has 9 heteroatoms. The second-order valence-electron chi connectivity index (χ2n) is 4.50. The molecule has 3 rings (SSSR count). The smallest absolute Gasteiger partial charge is 0.434 e. The third-order valence-corrected chi connectivity index (χ3v) is 4.82. The zero-order valence-electron chi connectivity index (χ0n) is 11.4. The highest BCUT2D eigenvalue weighted by molar-refractivity contribution is 14.1. The first-order valence-electron chi connectivity index (χ1n) is 6.17. The van der Waals surface area contributed by atoms with Gasteiger partial charge in [-0.05, 0) is 40.8 Å². The fourth-order valence-corrected chi connectivity index (χ4v) is 3.50. The minimum Gasteiger partial charge on any atom is -0.494 e. The molecule has 0 bridgehead atoms. The molecule has 0 spiro atoms. The second-order valence-corrected chi connectivity index (χ2v) is 6.52. The number of hydrogen-bond donors (Lipinski definition) is 0. The summed E-state index contributed by atoms with van der Waals surface area (Å²) in [6.45, 7) is 0. The number of thiazole rings is 1. The van der Waals surface area contributed by atoms with Crippen LogP contribution in [0.5, 0.6) is 5.75 Å². The van der Waals surface area contributed by atoms with Gasteiger partial charge >= 0.3 is 6.18 Å². The summed E-state index contributed by atoms with van der Waals surface area (Å²) in [6, 6.07) is 4.71. The van der Waals surface area contributed by atoms with E-state index in [1.807, 2.05) is 22.6 Å². The molecule has 3 aromatic rings. The molecule has 2 heterocycles. The van der Waals surface area contributed by atoms with Crippen molar-refractivity contribution >= 4 is 44.8 Å². The largest absolute Gasteiger partial charge is 0.494 e. The van der Waals surface area contributed by atoms with Crippen LogP contribution in [-0.2, 0) is 6.18 Å². The third-order valence-electron chi connectivity index (χ3n) is 3.07. The number of halogens is 5. The molecule has 0 saturated carbocycles. The number of pyridine rings is 1. The minimum absolute atomic E-state index is 0.0214. The van der Waals surface area contributed by atoms with Gasteiger partial charge in [-0.1, -0.05) is 0 Å². The van der Waals surface area contributed by atoms with Crippen LogP contribution < -0.4 is 4.74 Å². The van der Waals surface area contributed by atoms with Gasteiger partial charge in [0.2, 0.25) is 0 Å². The molecule has 0 aliphatic rings. The zero-order chi connectivity index (χ0) is 16.8. The molecule has 0 aliphatic carbocycles. The first-order chi connectivity index (χ1) is 10.8. The van der Waals surface area contributed by atoms with Crippen LogP contribution in [0.15, 0.2) is 23.6 Å². The Kier molecular flexibility index (Phi) is 4.17. The molecular formula is C14H7F4IN2OS. The van der Waals surface area contributed by atoms with Crippen LogP contribution in [0.2, 0.25) is 0 Å². The molecule has 0 atom stereocenters. The van der Waals surface area contributed by atoms with E-state index in [-0.39, 0.29) is 22.0 Å². The Bertz CT molecular complexity index is 894. The van der Waals surface area contributed by atoms with Crippen molar-refractivity contribution in [3.05, 3.63) is 38.7 Å². The SMILES string of the molecule is COc1ccc2c(I)cc(-c3nc(C(F)(F)F)cs3)nc2c1F. The first kappa shape index (κ1) is 16.4. The van der Waals surface area contributed by atoms with E-state index in [9.17, 15) is 17.6 Å². The quantitative estimate of drug-likeness (QED) is 0.398. The highest BCUT2D eigenvalue weighted by Gasteiger charge is 2.34. The average molecular weight is 454 g/mol. The van der Waals surface area contributed by atoms with Crippen molar-refractivity contribution in [2.75, 3.05) is 7.11 Å². The molecular weight excluding hydrogens is 447 g/mol. The van der Waals surface area contributed by atoms with E-state index in [1.165, 1.54) is 13.2 Å². The van der Waals surface area contributed by atoms with Crippen molar-refractivity contribution in [2.45, 2.75) is 6.18 Å². The van der Waals surface area contributed by atoms with Crippen molar-refractivity contribution in [3.63, 3.8) is 0 Å². The van der Waals surface area contributed by atoms with E-state index in [1.54, 1.807) is 12.1 Å². The number of fused-ring (bicyclic) bond motifs is 1. The number of nitrogens with zero attached hydrogens (tertiary/aromatic N) is 2. The number of methoxy groups -OCH3 is 1. The van der Waals surface area contributed by atoms with Crippen LogP contribution in [0.25, 0.3) is 21.6 Å². The fourth-order valence-electron chi connectivity index (χ4n) is 1.99. The van der Waals surface area contributed by atoms with Crippen molar-refractivity contribution in [2.24, 2.45) is 0 Å². The summed E-state index contributed by atoms with van der Waals surface area (Å²) in [5.74, 6) is -0.634. The zero-order valence-corrected chi connectivity index (χ0v) is 14.4. The lowest BCUT2D eigenvalue weighted by atomic mass is 10.2. The molecule has 120 valence electrons. The summed E-state index contributed by atoms with van der Waals surface area (Å²) in [5.41, 5.74) is -0.759. The monoisotopic (exact) mass is 454 g/mol. The highest BCUT2D eigenvalue weighted by Crippen LogP contribution is 2.35. The molecule has 0 N–H and O–H groups in total. The van der Waals surface area contributed by atoms with Crippen LogP contribution in [0.4, 0.5) is 17.6 Å². The van der Waals surface area contributed by atoms with E-state index in [2.05, 4.69) is 9.97 Å². The molecule has 0 saturated heterocycles. The molecule has 1 aromatic carbocycles. The summed E-state index contributed by atoms with van der Waals surface area (Å²) < 4.78 is 57.9. The third kappa shape index (κ3) is 2.99. The van der Waals surface area contributed by atoms with Crippen molar-refractivity contribution < 1.29 is 22.3 Å². The lowest BCUT2D eigenvalue weighted by Gasteiger charge is -2.08. The van der Waals surface area contributed by atoms with Gasteiger partial charge in [0.15, 0.2) is 17.3 Å². The van der Waals surface area contributed by atoms with Crippen LogP contribution in [-0.4, -0.2) is 17.1 Å². The molecule has 0 amide bonds. The number of hydrogen-bond acceptors (Lipinski definition) is 4. The predicted molar refractivity (Wildman–Crippen MR) is 87.1 cm³/mol. The Morgan fingerprint density at radius 2 is 1.96 bits per heavy atom. The van der Waals surface area contributed by atoms with Crippen LogP contribution in [0.3, 0.4) is 0 Å². The van der Waals surface area contributed by atoms with E-state index < -0.39 is 17.7 Å². The van der Waals surface area contributed by atoms with E-state index in [4.69, 9.17) is 4.74 Å². The van der Waals surface area contributed by atoms with Gasteiger partial charge in [-0.2, -0.15) is 13.2 Å². The lowest BCUT2D eigenvalue weighted by Crippen LogP contribution is -2.05. The molecule has 2 aromatic heterocycles. The Morgan fingerprint density at radius 3 is 2.57 bits per heavy atom. The molecule has 23 heavy (non-hydrogen) atoms. The standard InChI is InChI=1S/C14H7F4IN2OS/c1-22-9-3-2-6-7(19)4-8(20-12(6)11(9)15)13-21-10(5-23-13)14(16,17)18/h2-5H,1H3. The van der Waals surface area contributed by atoms with Gasteiger partial charge in [0.1, 0.15) is 16.2 Å². The van der Waals surface area contributed by atoms with E-state index in [0.717, 1.165) is 16.7 Å². The number of rotatable bonds is 2. The van der Waals surface area contributed by atoms with Gasteiger partial charge in [-0.3, -0.25) is 0 Å². The summed E-state index contributed by atoms with van der Waals surface area (Å²) in [6.07, 6.45) is -4.52. The maximum absolute atomic E-state index is 14.4. The van der Waals surface area contributed by atoms with Gasteiger partial charge in [-0.25, -0.2) is 14.4 Å². The van der Waals surface area contributed by atoms with Crippen LogP contribution >= 0.6 is 33.9 Å². The van der Waals surface area contributed by atoms with Gasteiger partial charge in [0.25, 0.3) is 0 Å². The van der Waals surface area contributed by atoms with Crippen LogP contribution in [0, 0.1) is 9.39 Å². The summed E-state index contributed by atoms with van der Waals surface area (Å²) >= 11 is 2.79. The topological polar surface area (TPSA) is 35.0 Å². The summed E-state index contributed by atoms with van der Waals surface area (Å²) in [7, 11) is 1.33.